The largest absolute Gasteiger partial charge is 0.354 e. The van der Waals surface area contributed by atoms with Gasteiger partial charge in [-0.25, -0.2) is 12.8 Å². The third-order valence-electron chi connectivity index (χ3n) is 4.87. The molecular formula is C22H26Cl2FN3O4S. The molecule has 0 aliphatic carbocycles. The lowest BCUT2D eigenvalue weighted by molar-refractivity contribution is -0.139. The van der Waals surface area contributed by atoms with Gasteiger partial charge in [-0.3, -0.25) is 13.9 Å². The second kappa shape index (κ2) is 11.7. The molecule has 1 atom stereocenters. The minimum absolute atomic E-state index is 0.0371. The van der Waals surface area contributed by atoms with Crippen LogP contribution in [0.5, 0.6) is 0 Å². The maximum atomic E-state index is 14.3. The average Bonchev–Trinajstić information content (AvgIpc) is 2.74. The third kappa shape index (κ3) is 7.31. The lowest BCUT2D eigenvalue weighted by atomic mass is 10.1. The van der Waals surface area contributed by atoms with Crippen LogP contribution in [-0.2, 0) is 26.2 Å². The van der Waals surface area contributed by atoms with Gasteiger partial charge in [-0.15, -0.1) is 0 Å². The monoisotopic (exact) mass is 517 g/mol. The average molecular weight is 518 g/mol. The van der Waals surface area contributed by atoms with Gasteiger partial charge in [-0.2, -0.15) is 0 Å². The number of hydrogen-bond donors (Lipinski definition) is 1. The Balaban J connectivity index is 2.42. The van der Waals surface area contributed by atoms with Crippen LogP contribution in [0.2, 0.25) is 10.0 Å². The van der Waals surface area contributed by atoms with Crippen LogP contribution in [0.4, 0.5) is 10.1 Å². The van der Waals surface area contributed by atoms with E-state index in [2.05, 4.69) is 5.32 Å². The normalized spacial score (nSPS) is 12.2. The first-order valence-electron chi connectivity index (χ1n) is 10.2. The minimum Gasteiger partial charge on any atom is -0.354 e. The second-order valence-corrected chi connectivity index (χ2v) is 10.2. The number of benzene rings is 2. The van der Waals surface area contributed by atoms with Crippen molar-refractivity contribution in [3.63, 3.8) is 0 Å². The number of carbonyl (C=O) groups is 2. The summed E-state index contributed by atoms with van der Waals surface area (Å²) in [6, 6.07) is 9.08. The molecule has 2 rings (SSSR count). The van der Waals surface area contributed by atoms with Crippen molar-refractivity contribution in [3.05, 3.63) is 63.9 Å². The Bertz CT molecular complexity index is 1110. The number of nitrogens with zero attached hydrogens (tertiary/aromatic N) is 2. The van der Waals surface area contributed by atoms with Crippen molar-refractivity contribution in [2.24, 2.45) is 0 Å². The SMILES string of the molecule is CCCNC(=O)C(C)N(Cc1ccccc1F)C(=O)CN(c1ccc(Cl)cc1Cl)S(C)(=O)=O. The zero-order valence-electron chi connectivity index (χ0n) is 18.5. The van der Waals surface area contributed by atoms with E-state index in [1.54, 1.807) is 6.07 Å². The highest BCUT2D eigenvalue weighted by molar-refractivity contribution is 7.92. The van der Waals surface area contributed by atoms with Crippen molar-refractivity contribution in [1.82, 2.24) is 10.2 Å². The van der Waals surface area contributed by atoms with Crippen LogP contribution in [0.25, 0.3) is 0 Å². The van der Waals surface area contributed by atoms with Crippen LogP contribution >= 0.6 is 23.2 Å². The molecule has 0 aliphatic heterocycles. The predicted molar refractivity (Wildman–Crippen MR) is 128 cm³/mol. The first-order valence-corrected chi connectivity index (χ1v) is 12.8. The Morgan fingerprint density at radius 3 is 2.39 bits per heavy atom. The molecule has 1 unspecified atom stereocenters. The number of carbonyl (C=O) groups excluding carboxylic acids is 2. The van der Waals surface area contributed by atoms with Gasteiger partial charge in [0, 0.05) is 23.7 Å². The zero-order valence-corrected chi connectivity index (χ0v) is 20.8. The standard InChI is InChI=1S/C22H26Cl2FN3O4S/c1-4-11-26-22(30)15(2)27(13-16-7-5-6-8-19(16)25)21(29)14-28(33(3,31)32)20-10-9-17(23)12-18(20)24/h5-10,12,15H,4,11,13-14H2,1-3H3,(H,26,30). The Morgan fingerprint density at radius 1 is 1.15 bits per heavy atom. The Kier molecular flexibility index (Phi) is 9.51. The van der Waals surface area contributed by atoms with Gasteiger partial charge in [-0.05, 0) is 37.6 Å². The van der Waals surface area contributed by atoms with Gasteiger partial charge in [0.1, 0.15) is 18.4 Å². The summed E-state index contributed by atoms with van der Waals surface area (Å²) in [4.78, 5) is 27.1. The molecule has 0 saturated carbocycles. The molecule has 7 nitrogen and oxygen atoms in total. The lowest BCUT2D eigenvalue weighted by Gasteiger charge is -2.31. The summed E-state index contributed by atoms with van der Waals surface area (Å²) < 4.78 is 40.2. The molecule has 0 spiro atoms. The molecule has 0 aliphatic rings. The van der Waals surface area contributed by atoms with E-state index in [0.29, 0.717) is 18.0 Å². The molecule has 0 radical (unpaired) electrons. The predicted octanol–water partition coefficient (Wildman–Crippen LogP) is 3.84. The van der Waals surface area contributed by atoms with Crippen molar-refractivity contribution < 1.29 is 22.4 Å². The van der Waals surface area contributed by atoms with Gasteiger partial charge in [-0.1, -0.05) is 48.3 Å². The zero-order chi connectivity index (χ0) is 24.8. The number of anilines is 1. The third-order valence-corrected chi connectivity index (χ3v) is 6.54. The van der Waals surface area contributed by atoms with Gasteiger partial charge >= 0.3 is 0 Å². The Labute approximate surface area is 203 Å². The topological polar surface area (TPSA) is 86.8 Å². The fraction of sp³-hybridized carbons (Fsp3) is 0.364. The summed E-state index contributed by atoms with van der Waals surface area (Å²) in [5, 5.41) is 3.04. The van der Waals surface area contributed by atoms with Crippen LogP contribution in [-0.4, -0.2) is 50.5 Å². The molecule has 0 fully saturated rings. The molecule has 0 saturated heterocycles. The molecule has 11 heteroatoms. The van der Waals surface area contributed by atoms with Gasteiger partial charge in [0.15, 0.2) is 0 Å². The highest BCUT2D eigenvalue weighted by atomic mass is 35.5. The summed E-state index contributed by atoms with van der Waals surface area (Å²) in [6.07, 6.45) is 1.63. The molecule has 1 N–H and O–H groups in total. The van der Waals surface area contributed by atoms with E-state index >= 15 is 0 Å². The summed E-state index contributed by atoms with van der Waals surface area (Å²) in [5.74, 6) is -1.68. The number of nitrogens with one attached hydrogen (secondary N) is 1. The maximum Gasteiger partial charge on any atom is 0.244 e. The van der Waals surface area contributed by atoms with Gasteiger partial charge in [0.2, 0.25) is 21.8 Å². The van der Waals surface area contributed by atoms with E-state index in [0.717, 1.165) is 15.5 Å². The van der Waals surface area contributed by atoms with Crippen LogP contribution in [0.1, 0.15) is 25.8 Å². The highest BCUT2D eigenvalue weighted by Crippen LogP contribution is 2.30. The number of halogens is 3. The van der Waals surface area contributed by atoms with Gasteiger partial charge < -0.3 is 10.2 Å². The molecule has 2 aromatic rings. The molecule has 2 aromatic carbocycles. The van der Waals surface area contributed by atoms with Crippen molar-refractivity contribution in [1.29, 1.82) is 0 Å². The van der Waals surface area contributed by atoms with E-state index in [1.165, 1.54) is 43.3 Å². The summed E-state index contributed by atoms with van der Waals surface area (Å²) in [7, 11) is -3.94. The molecule has 33 heavy (non-hydrogen) atoms. The first kappa shape index (κ1) is 26.9. The first-order chi connectivity index (χ1) is 15.5. The molecule has 0 bridgehead atoms. The lowest BCUT2D eigenvalue weighted by Crippen LogP contribution is -2.51. The fourth-order valence-corrected chi connectivity index (χ4v) is 4.49. The van der Waals surface area contributed by atoms with E-state index in [-0.39, 0.29) is 22.8 Å². The number of sulfonamides is 1. The second-order valence-electron chi connectivity index (χ2n) is 7.45. The molecule has 2 amide bonds. The summed E-state index contributed by atoms with van der Waals surface area (Å²) in [6.45, 7) is 2.93. The van der Waals surface area contributed by atoms with E-state index in [4.69, 9.17) is 23.2 Å². The summed E-state index contributed by atoms with van der Waals surface area (Å²) >= 11 is 12.1. The molecular weight excluding hydrogens is 492 g/mol. The maximum absolute atomic E-state index is 14.3. The number of rotatable bonds is 10. The van der Waals surface area contributed by atoms with Crippen molar-refractivity contribution in [2.75, 3.05) is 23.7 Å². The van der Waals surface area contributed by atoms with Crippen LogP contribution in [0.3, 0.4) is 0 Å². The van der Waals surface area contributed by atoms with Crippen molar-refractivity contribution in [2.45, 2.75) is 32.9 Å². The van der Waals surface area contributed by atoms with Crippen LogP contribution in [0.15, 0.2) is 42.5 Å². The van der Waals surface area contributed by atoms with E-state index in [1.807, 2.05) is 6.92 Å². The van der Waals surface area contributed by atoms with Crippen LogP contribution < -0.4 is 9.62 Å². The Hall–Kier alpha value is -2.36. The molecule has 0 aromatic heterocycles. The quantitative estimate of drug-likeness (QED) is 0.518. The molecule has 180 valence electrons. The van der Waals surface area contributed by atoms with E-state index < -0.39 is 40.2 Å². The Morgan fingerprint density at radius 2 is 1.82 bits per heavy atom. The van der Waals surface area contributed by atoms with Crippen LogP contribution in [0, 0.1) is 5.82 Å². The van der Waals surface area contributed by atoms with Gasteiger partial charge in [0.05, 0.1) is 17.0 Å². The van der Waals surface area contributed by atoms with E-state index in [9.17, 15) is 22.4 Å². The highest BCUT2D eigenvalue weighted by Gasteiger charge is 2.31. The minimum atomic E-state index is -3.94. The van der Waals surface area contributed by atoms with Crippen molar-refractivity contribution >= 4 is 50.7 Å². The smallest absolute Gasteiger partial charge is 0.244 e. The van der Waals surface area contributed by atoms with Gasteiger partial charge in [0.25, 0.3) is 0 Å². The fourth-order valence-electron chi connectivity index (χ4n) is 3.07. The number of amides is 2. The van der Waals surface area contributed by atoms with Crippen molar-refractivity contribution in [3.8, 4) is 0 Å². The molecule has 0 heterocycles. The summed E-state index contributed by atoms with van der Waals surface area (Å²) in [5.41, 5.74) is 0.252. The number of hydrogen-bond acceptors (Lipinski definition) is 4.